The number of unbranched alkanes of at least 4 members (excludes halogenated alkanes) is 3. The van der Waals surface area contributed by atoms with Gasteiger partial charge in [0.1, 0.15) is 0 Å². The van der Waals surface area contributed by atoms with Crippen LogP contribution in [0.1, 0.15) is 87.3 Å². The van der Waals surface area contributed by atoms with Gasteiger partial charge in [0.05, 0.1) is 6.61 Å². The predicted molar refractivity (Wildman–Crippen MR) is 146 cm³/mol. The molecule has 4 rings (SSSR count). The van der Waals surface area contributed by atoms with Crippen molar-refractivity contribution in [2.24, 2.45) is 5.92 Å². The Labute approximate surface area is 224 Å². The summed E-state index contributed by atoms with van der Waals surface area (Å²) in [4.78, 5) is 0. The molecule has 0 spiro atoms. The Hall–Kier alpha value is -2.82. The van der Waals surface area contributed by atoms with E-state index in [1.165, 1.54) is 0 Å². The summed E-state index contributed by atoms with van der Waals surface area (Å²) in [5, 5.41) is 0. The number of hydrogen-bond acceptors (Lipinski definition) is 1. The molecule has 0 N–H and O–H groups in total. The van der Waals surface area contributed by atoms with Crippen LogP contribution in [0.15, 0.2) is 48.5 Å². The van der Waals surface area contributed by atoms with Crippen LogP contribution in [0, 0.1) is 36.1 Å². The molecule has 204 valence electrons. The molecule has 3 aromatic carbocycles. The number of halogens is 4. The molecule has 5 heteroatoms. The molecule has 0 amide bonds. The monoisotopic (exact) mass is 526 g/mol. The lowest BCUT2D eigenvalue weighted by atomic mass is 9.76. The van der Waals surface area contributed by atoms with E-state index < -0.39 is 23.3 Å². The van der Waals surface area contributed by atoms with Gasteiger partial charge in [0.25, 0.3) is 0 Å². The van der Waals surface area contributed by atoms with E-state index in [1.807, 2.05) is 19.1 Å². The van der Waals surface area contributed by atoms with Gasteiger partial charge in [-0.25, -0.2) is 13.2 Å². The van der Waals surface area contributed by atoms with Gasteiger partial charge in [-0.3, -0.25) is 0 Å². The summed E-state index contributed by atoms with van der Waals surface area (Å²) in [6.45, 7) is 4.46. The topological polar surface area (TPSA) is 9.23 Å². The van der Waals surface area contributed by atoms with Crippen LogP contribution in [0.4, 0.5) is 17.6 Å². The van der Waals surface area contributed by atoms with Crippen molar-refractivity contribution in [3.63, 3.8) is 0 Å². The first-order chi connectivity index (χ1) is 18.4. The molecule has 0 heterocycles. The Kier molecular flexibility index (Phi) is 9.87. The molecular weight excluding hydrogens is 488 g/mol. The molecule has 0 radical (unpaired) electrons. The highest BCUT2D eigenvalue weighted by molar-refractivity contribution is 5.65. The lowest BCUT2D eigenvalue weighted by Crippen LogP contribution is -2.16. The summed E-state index contributed by atoms with van der Waals surface area (Å²) < 4.78 is 64.7. The molecule has 3 aromatic rings. The van der Waals surface area contributed by atoms with Gasteiger partial charge in [0.2, 0.25) is 5.82 Å². The lowest BCUT2D eigenvalue weighted by Gasteiger charge is -2.29. The van der Waals surface area contributed by atoms with E-state index >= 15 is 0 Å². The molecule has 1 aliphatic carbocycles. The average Bonchev–Trinajstić information content (AvgIpc) is 2.93. The molecule has 1 nitrogen and oxygen atoms in total. The van der Waals surface area contributed by atoms with Crippen molar-refractivity contribution in [1.82, 2.24) is 0 Å². The number of aryl methyl sites for hydroxylation is 2. The van der Waals surface area contributed by atoms with Crippen LogP contribution in [0.3, 0.4) is 0 Å². The van der Waals surface area contributed by atoms with Gasteiger partial charge in [-0.15, -0.1) is 0 Å². The van der Waals surface area contributed by atoms with Gasteiger partial charge in [0.15, 0.2) is 23.2 Å². The van der Waals surface area contributed by atoms with Gasteiger partial charge in [0, 0.05) is 5.56 Å². The third-order valence-electron chi connectivity index (χ3n) is 7.97. The van der Waals surface area contributed by atoms with Crippen molar-refractivity contribution in [3.8, 4) is 16.9 Å². The van der Waals surface area contributed by atoms with Crippen molar-refractivity contribution in [2.45, 2.75) is 84.0 Å². The molecule has 0 aliphatic heterocycles. The number of benzene rings is 3. The van der Waals surface area contributed by atoms with Gasteiger partial charge in [-0.05, 0) is 86.5 Å². The molecule has 0 unspecified atom stereocenters. The SMILES string of the molecule is CCCCCCOc1ccc(C2CCC(CCc3ccc(-c4ccc(C)cc4)c(F)c3F)CC2)c(F)c1F. The van der Waals surface area contributed by atoms with Gasteiger partial charge >= 0.3 is 0 Å². The number of hydrogen-bond donors (Lipinski definition) is 0. The molecular formula is C33H38F4O. The minimum atomic E-state index is -0.897. The molecule has 0 bridgehead atoms. The zero-order valence-corrected chi connectivity index (χ0v) is 22.5. The average molecular weight is 527 g/mol. The maximum atomic E-state index is 14.9. The second-order valence-electron chi connectivity index (χ2n) is 10.7. The highest BCUT2D eigenvalue weighted by Gasteiger charge is 2.27. The maximum Gasteiger partial charge on any atom is 0.200 e. The third kappa shape index (κ3) is 6.78. The van der Waals surface area contributed by atoms with Crippen LogP contribution >= 0.6 is 0 Å². The number of ether oxygens (including phenoxy) is 1. The third-order valence-corrected chi connectivity index (χ3v) is 7.97. The Morgan fingerprint density at radius 2 is 1.47 bits per heavy atom. The maximum absolute atomic E-state index is 14.9. The second kappa shape index (κ2) is 13.3. The predicted octanol–water partition coefficient (Wildman–Crippen LogP) is 10.1. The Morgan fingerprint density at radius 3 is 2.18 bits per heavy atom. The minimum Gasteiger partial charge on any atom is -0.490 e. The van der Waals surface area contributed by atoms with Crippen LogP contribution in [0.2, 0.25) is 0 Å². The van der Waals surface area contributed by atoms with Crippen molar-refractivity contribution < 1.29 is 22.3 Å². The standard InChI is InChI=1S/C33H38F4O/c1-3-4-5-6-21-38-29-20-19-28(32(36)33(29)37)25-14-9-23(10-15-25)11-16-26-17-18-27(31(35)30(26)34)24-12-7-22(2)8-13-24/h7-8,12-13,17-20,23,25H,3-6,9-11,14-16,21H2,1-2H3. The molecule has 38 heavy (non-hydrogen) atoms. The van der Waals surface area contributed by atoms with Crippen LogP contribution in [-0.2, 0) is 6.42 Å². The van der Waals surface area contributed by atoms with Crippen molar-refractivity contribution >= 4 is 0 Å². The Bertz CT molecular complexity index is 1200. The van der Waals surface area contributed by atoms with Crippen LogP contribution in [0.25, 0.3) is 11.1 Å². The summed E-state index contributed by atoms with van der Waals surface area (Å²) in [6.07, 6.45) is 8.47. The fraction of sp³-hybridized carbons (Fsp3) is 0.455. The highest BCUT2D eigenvalue weighted by Crippen LogP contribution is 2.40. The zero-order valence-electron chi connectivity index (χ0n) is 22.5. The van der Waals surface area contributed by atoms with Crippen LogP contribution in [0.5, 0.6) is 5.75 Å². The first kappa shape index (κ1) is 28.2. The molecule has 0 aromatic heterocycles. The zero-order chi connectivity index (χ0) is 27.1. The highest BCUT2D eigenvalue weighted by atomic mass is 19.2. The smallest absolute Gasteiger partial charge is 0.200 e. The van der Waals surface area contributed by atoms with E-state index in [9.17, 15) is 17.6 Å². The van der Waals surface area contributed by atoms with E-state index in [-0.39, 0.29) is 17.2 Å². The van der Waals surface area contributed by atoms with E-state index in [1.54, 1.807) is 36.4 Å². The van der Waals surface area contributed by atoms with Crippen LogP contribution in [-0.4, -0.2) is 6.61 Å². The summed E-state index contributed by atoms with van der Waals surface area (Å²) in [6, 6.07) is 13.9. The summed E-state index contributed by atoms with van der Waals surface area (Å²) in [7, 11) is 0. The minimum absolute atomic E-state index is 0.0147. The fourth-order valence-corrected chi connectivity index (χ4v) is 5.54. The second-order valence-corrected chi connectivity index (χ2v) is 10.7. The van der Waals surface area contributed by atoms with E-state index in [0.29, 0.717) is 35.6 Å². The van der Waals surface area contributed by atoms with Crippen molar-refractivity contribution in [1.29, 1.82) is 0 Å². The fourth-order valence-electron chi connectivity index (χ4n) is 5.54. The first-order valence-electron chi connectivity index (χ1n) is 14.0. The van der Waals surface area contributed by atoms with Gasteiger partial charge in [-0.2, -0.15) is 4.39 Å². The van der Waals surface area contributed by atoms with Gasteiger partial charge in [-0.1, -0.05) is 74.2 Å². The Balaban J connectivity index is 1.30. The molecule has 1 saturated carbocycles. The van der Waals surface area contributed by atoms with E-state index in [0.717, 1.165) is 63.4 Å². The molecule has 0 atom stereocenters. The molecule has 1 fully saturated rings. The number of rotatable bonds is 11. The lowest BCUT2D eigenvalue weighted by molar-refractivity contribution is 0.280. The van der Waals surface area contributed by atoms with Crippen LogP contribution < -0.4 is 4.74 Å². The largest absolute Gasteiger partial charge is 0.490 e. The Morgan fingerprint density at radius 1 is 0.737 bits per heavy atom. The summed E-state index contributed by atoms with van der Waals surface area (Å²) in [5.41, 5.74) is 2.80. The van der Waals surface area contributed by atoms with Crippen molar-refractivity contribution in [2.75, 3.05) is 6.61 Å². The van der Waals surface area contributed by atoms with Crippen molar-refractivity contribution in [3.05, 3.63) is 88.5 Å². The normalized spacial score (nSPS) is 17.5. The molecule has 0 saturated heterocycles. The molecule has 1 aliphatic rings. The van der Waals surface area contributed by atoms with E-state index in [2.05, 4.69) is 6.92 Å². The first-order valence-corrected chi connectivity index (χ1v) is 14.0. The van der Waals surface area contributed by atoms with E-state index in [4.69, 9.17) is 4.74 Å². The van der Waals surface area contributed by atoms with Gasteiger partial charge < -0.3 is 4.74 Å². The summed E-state index contributed by atoms with van der Waals surface area (Å²) >= 11 is 0. The summed E-state index contributed by atoms with van der Waals surface area (Å²) in [5.74, 6) is -2.98. The quantitative estimate of drug-likeness (QED) is 0.178.